The van der Waals surface area contributed by atoms with Gasteiger partial charge in [-0.15, -0.1) is 6.58 Å². The Morgan fingerprint density at radius 3 is 2.59 bits per heavy atom. The van der Waals surface area contributed by atoms with E-state index in [-0.39, 0.29) is 18.5 Å². The summed E-state index contributed by atoms with van der Waals surface area (Å²) in [6.45, 7) is 5.48. The highest BCUT2D eigenvalue weighted by Gasteiger charge is 2.40. The third-order valence-corrected chi connectivity index (χ3v) is 3.08. The molecular formula is C12H20N2O3. The van der Waals surface area contributed by atoms with Gasteiger partial charge in [0.25, 0.3) is 0 Å². The van der Waals surface area contributed by atoms with Gasteiger partial charge in [-0.2, -0.15) is 0 Å². The number of urea groups is 1. The maximum atomic E-state index is 11.7. The first kappa shape index (κ1) is 13.5. The number of carbonyl (C=O) groups is 2. The second kappa shape index (κ2) is 5.70. The summed E-state index contributed by atoms with van der Waals surface area (Å²) in [4.78, 5) is 22.4. The van der Waals surface area contributed by atoms with E-state index in [9.17, 15) is 9.59 Å². The van der Waals surface area contributed by atoms with E-state index in [2.05, 4.69) is 17.2 Å². The molecule has 1 aliphatic carbocycles. The van der Waals surface area contributed by atoms with Crippen LogP contribution in [0.3, 0.4) is 0 Å². The topological polar surface area (TPSA) is 78.4 Å². The number of hydrogen-bond donors (Lipinski definition) is 3. The molecule has 0 aromatic rings. The summed E-state index contributed by atoms with van der Waals surface area (Å²) in [7, 11) is 0. The summed E-state index contributed by atoms with van der Waals surface area (Å²) in [5.74, 6) is -0.871. The van der Waals surface area contributed by atoms with Crippen molar-refractivity contribution in [2.45, 2.75) is 50.6 Å². The molecule has 0 aliphatic heterocycles. The molecule has 1 rings (SSSR count). The predicted molar refractivity (Wildman–Crippen MR) is 64.8 cm³/mol. The summed E-state index contributed by atoms with van der Waals surface area (Å²) in [6, 6.07) is -0.283. The largest absolute Gasteiger partial charge is 0.481 e. The third-order valence-electron chi connectivity index (χ3n) is 3.08. The Bertz CT molecular complexity index is 311. The maximum Gasteiger partial charge on any atom is 0.315 e. The second-order valence-corrected chi connectivity index (χ2v) is 4.73. The minimum atomic E-state index is -0.871. The monoisotopic (exact) mass is 240 g/mol. The average Bonchev–Trinajstić information content (AvgIpc) is 2.13. The van der Waals surface area contributed by atoms with E-state index >= 15 is 0 Å². The van der Waals surface area contributed by atoms with E-state index in [4.69, 9.17) is 5.11 Å². The van der Waals surface area contributed by atoms with E-state index in [0.29, 0.717) is 6.42 Å². The van der Waals surface area contributed by atoms with Crippen molar-refractivity contribution in [1.82, 2.24) is 10.6 Å². The van der Waals surface area contributed by atoms with Crippen LogP contribution in [0.4, 0.5) is 4.79 Å². The molecule has 3 N–H and O–H groups in total. The second-order valence-electron chi connectivity index (χ2n) is 4.73. The lowest BCUT2D eigenvalue weighted by molar-refractivity contribution is -0.139. The van der Waals surface area contributed by atoms with Gasteiger partial charge in [-0.1, -0.05) is 6.08 Å². The molecule has 0 heterocycles. The molecule has 17 heavy (non-hydrogen) atoms. The lowest BCUT2D eigenvalue weighted by Gasteiger charge is -2.41. The van der Waals surface area contributed by atoms with E-state index < -0.39 is 11.5 Å². The molecule has 0 saturated heterocycles. The number of carbonyl (C=O) groups excluding carboxylic acids is 1. The Labute approximate surface area is 101 Å². The molecule has 0 aromatic carbocycles. The number of carboxylic acids is 1. The van der Waals surface area contributed by atoms with Crippen molar-refractivity contribution in [3.05, 3.63) is 12.7 Å². The van der Waals surface area contributed by atoms with E-state index in [1.165, 1.54) is 0 Å². The molecule has 0 spiro atoms. The number of aliphatic carboxylic acids is 1. The van der Waals surface area contributed by atoms with Crippen LogP contribution in [0.2, 0.25) is 0 Å². The quantitative estimate of drug-likeness (QED) is 0.618. The zero-order valence-corrected chi connectivity index (χ0v) is 10.2. The van der Waals surface area contributed by atoms with Gasteiger partial charge in [-0.25, -0.2) is 4.79 Å². The predicted octanol–water partition coefficient (Wildman–Crippen LogP) is 1.65. The van der Waals surface area contributed by atoms with Gasteiger partial charge in [0.1, 0.15) is 0 Å². The zero-order chi connectivity index (χ0) is 12.9. The van der Waals surface area contributed by atoms with Gasteiger partial charge in [-0.3, -0.25) is 4.79 Å². The van der Waals surface area contributed by atoms with Crippen LogP contribution in [-0.4, -0.2) is 28.7 Å². The maximum absolute atomic E-state index is 11.7. The minimum absolute atomic E-state index is 0.00371. The molecule has 1 aliphatic rings. The van der Waals surface area contributed by atoms with Gasteiger partial charge in [-0.05, 0) is 32.6 Å². The Morgan fingerprint density at radius 1 is 1.53 bits per heavy atom. The highest BCUT2D eigenvalue weighted by Crippen LogP contribution is 2.34. The smallest absolute Gasteiger partial charge is 0.315 e. The standard InChI is InChI=1S/C12H20N2O3/c1-3-5-9(2)13-11(17)14-12(6-4-7-12)8-10(15)16/h3,9H,1,4-8H2,2H3,(H,15,16)(H2,13,14,17). The first-order valence-corrected chi connectivity index (χ1v) is 5.89. The molecule has 1 atom stereocenters. The molecule has 2 amide bonds. The lowest BCUT2D eigenvalue weighted by atomic mass is 9.74. The summed E-state index contributed by atoms with van der Waals surface area (Å²) in [6.07, 6.45) is 4.87. The van der Waals surface area contributed by atoms with Crippen LogP contribution in [0.1, 0.15) is 39.0 Å². The lowest BCUT2D eigenvalue weighted by Crippen LogP contribution is -2.58. The minimum Gasteiger partial charge on any atom is -0.481 e. The average molecular weight is 240 g/mol. The van der Waals surface area contributed by atoms with Crippen LogP contribution >= 0.6 is 0 Å². The van der Waals surface area contributed by atoms with Gasteiger partial charge in [0.15, 0.2) is 0 Å². The molecule has 96 valence electrons. The summed E-state index contributed by atoms with van der Waals surface area (Å²) < 4.78 is 0. The summed E-state index contributed by atoms with van der Waals surface area (Å²) >= 11 is 0. The van der Waals surface area contributed by atoms with Crippen LogP contribution in [0, 0.1) is 0 Å². The van der Waals surface area contributed by atoms with Crippen LogP contribution in [0.15, 0.2) is 12.7 Å². The third kappa shape index (κ3) is 4.09. The van der Waals surface area contributed by atoms with Crippen molar-refractivity contribution in [2.75, 3.05) is 0 Å². The van der Waals surface area contributed by atoms with Crippen molar-refractivity contribution < 1.29 is 14.7 Å². The molecule has 0 radical (unpaired) electrons. The Hall–Kier alpha value is -1.52. The number of rotatable bonds is 6. The molecule has 0 bridgehead atoms. The molecular weight excluding hydrogens is 220 g/mol. The van der Waals surface area contributed by atoms with Gasteiger partial charge >= 0.3 is 12.0 Å². The molecule has 5 nitrogen and oxygen atoms in total. The van der Waals surface area contributed by atoms with Gasteiger partial charge in [0.05, 0.1) is 12.0 Å². The molecule has 5 heteroatoms. The molecule has 0 aromatic heterocycles. The van der Waals surface area contributed by atoms with Gasteiger partial charge in [0.2, 0.25) is 0 Å². The first-order chi connectivity index (χ1) is 7.97. The van der Waals surface area contributed by atoms with E-state index in [0.717, 1.165) is 19.3 Å². The first-order valence-electron chi connectivity index (χ1n) is 5.89. The fourth-order valence-electron chi connectivity index (χ4n) is 2.05. The van der Waals surface area contributed by atoms with Gasteiger partial charge < -0.3 is 15.7 Å². The molecule has 1 unspecified atom stereocenters. The molecule has 1 fully saturated rings. The number of amides is 2. The van der Waals surface area contributed by atoms with E-state index in [1.54, 1.807) is 6.08 Å². The molecule has 1 saturated carbocycles. The van der Waals surface area contributed by atoms with Gasteiger partial charge in [0, 0.05) is 6.04 Å². The summed E-state index contributed by atoms with van der Waals surface area (Å²) in [5.41, 5.74) is -0.538. The zero-order valence-electron chi connectivity index (χ0n) is 10.2. The number of hydrogen-bond acceptors (Lipinski definition) is 2. The van der Waals surface area contributed by atoms with Crippen molar-refractivity contribution >= 4 is 12.0 Å². The van der Waals surface area contributed by atoms with Crippen LogP contribution in [-0.2, 0) is 4.79 Å². The number of nitrogens with one attached hydrogen (secondary N) is 2. The Balaban J connectivity index is 2.42. The highest BCUT2D eigenvalue weighted by molar-refractivity contribution is 5.77. The fourth-order valence-corrected chi connectivity index (χ4v) is 2.05. The van der Waals surface area contributed by atoms with Crippen LogP contribution in [0.5, 0.6) is 0 Å². The van der Waals surface area contributed by atoms with E-state index in [1.807, 2.05) is 6.92 Å². The van der Waals surface area contributed by atoms with Crippen molar-refractivity contribution in [3.8, 4) is 0 Å². The van der Waals surface area contributed by atoms with Crippen molar-refractivity contribution in [3.63, 3.8) is 0 Å². The summed E-state index contributed by atoms with van der Waals surface area (Å²) in [5, 5.41) is 14.4. The SMILES string of the molecule is C=CCC(C)NC(=O)NC1(CC(=O)O)CCC1. The van der Waals surface area contributed by atoms with Crippen molar-refractivity contribution in [1.29, 1.82) is 0 Å². The van der Waals surface area contributed by atoms with Crippen LogP contribution < -0.4 is 10.6 Å². The highest BCUT2D eigenvalue weighted by atomic mass is 16.4. The Kier molecular flexibility index (Phi) is 4.54. The van der Waals surface area contributed by atoms with Crippen molar-refractivity contribution in [2.24, 2.45) is 0 Å². The Morgan fingerprint density at radius 2 is 2.18 bits per heavy atom. The van der Waals surface area contributed by atoms with Crippen LogP contribution in [0.25, 0.3) is 0 Å². The normalized spacial score (nSPS) is 18.6. The number of carboxylic acid groups (broad SMARTS) is 1. The fraction of sp³-hybridized carbons (Fsp3) is 0.667.